The summed E-state index contributed by atoms with van der Waals surface area (Å²) in [5, 5.41) is 2.40. The van der Waals surface area contributed by atoms with Gasteiger partial charge in [-0.2, -0.15) is 13.2 Å². The number of hydrogen-bond donors (Lipinski definition) is 1. The van der Waals surface area contributed by atoms with E-state index in [0.29, 0.717) is 11.1 Å². The van der Waals surface area contributed by atoms with Crippen molar-refractivity contribution in [3.05, 3.63) is 58.2 Å². The number of hydrogen-bond acceptors (Lipinski definition) is 6. The number of benzene rings is 1. The molecule has 0 aliphatic carbocycles. The molecule has 0 radical (unpaired) electrons. The molecule has 1 N–H and O–H groups in total. The van der Waals surface area contributed by atoms with Gasteiger partial charge in [0.1, 0.15) is 5.56 Å². The lowest BCUT2D eigenvalue weighted by Crippen LogP contribution is -2.23. The minimum absolute atomic E-state index is 0.0574. The molecule has 0 atom stereocenters. The van der Waals surface area contributed by atoms with E-state index in [4.69, 9.17) is 13.9 Å². The molecule has 0 fully saturated rings. The van der Waals surface area contributed by atoms with Crippen molar-refractivity contribution in [2.45, 2.75) is 26.1 Å². The predicted octanol–water partition coefficient (Wildman–Crippen LogP) is 4.25. The fourth-order valence-electron chi connectivity index (χ4n) is 2.73. The zero-order valence-corrected chi connectivity index (χ0v) is 16.2. The Morgan fingerprint density at radius 3 is 2.60 bits per heavy atom. The van der Waals surface area contributed by atoms with E-state index in [0.717, 1.165) is 12.3 Å². The van der Waals surface area contributed by atoms with Crippen LogP contribution in [0.4, 0.5) is 18.9 Å². The fourth-order valence-corrected chi connectivity index (χ4v) is 2.73. The zero-order chi connectivity index (χ0) is 22.1. The first-order valence-corrected chi connectivity index (χ1v) is 8.77. The van der Waals surface area contributed by atoms with Crippen molar-refractivity contribution in [2.75, 3.05) is 12.4 Å². The predicted molar refractivity (Wildman–Crippen MR) is 102 cm³/mol. The van der Waals surface area contributed by atoms with Gasteiger partial charge in [0.15, 0.2) is 17.0 Å². The van der Waals surface area contributed by atoms with Gasteiger partial charge in [0, 0.05) is 11.6 Å². The van der Waals surface area contributed by atoms with E-state index in [1.165, 1.54) is 25.3 Å². The van der Waals surface area contributed by atoms with Crippen molar-refractivity contribution < 1.29 is 31.9 Å². The number of carbonyl (C=O) groups is 1. The molecule has 0 aliphatic rings. The van der Waals surface area contributed by atoms with E-state index in [2.05, 4.69) is 10.3 Å². The second-order valence-electron chi connectivity index (χ2n) is 6.48. The summed E-state index contributed by atoms with van der Waals surface area (Å²) in [5.74, 6) is -0.561. The Balaban J connectivity index is 2.05. The van der Waals surface area contributed by atoms with Crippen LogP contribution in [0.1, 0.15) is 29.9 Å². The molecule has 7 nitrogen and oxygen atoms in total. The number of pyridine rings is 1. The monoisotopic (exact) mass is 422 g/mol. The second-order valence-corrected chi connectivity index (χ2v) is 6.48. The van der Waals surface area contributed by atoms with Crippen LogP contribution in [0.15, 0.2) is 45.7 Å². The summed E-state index contributed by atoms with van der Waals surface area (Å²) < 4.78 is 55.4. The third-order valence-electron chi connectivity index (χ3n) is 3.96. The number of nitrogens with one attached hydrogen (secondary N) is 1. The molecule has 2 heterocycles. The molecule has 158 valence electrons. The maximum Gasteiger partial charge on any atom is 0.435 e. The first-order chi connectivity index (χ1) is 14.1. The van der Waals surface area contributed by atoms with Gasteiger partial charge in [0.25, 0.3) is 5.91 Å². The Labute approximate surface area is 168 Å². The quantitative estimate of drug-likeness (QED) is 0.618. The van der Waals surface area contributed by atoms with Gasteiger partial charge in [0.2, 0.25) is 5.75 Å². The highest BCUT2D eigenvalue weighted by Crippen LogP contribution is 2.36. The van der Waals surface area contributed by atoms with Crippen LogP contribution in [-0.4, -0.2) is 24.1 Å². The number of carbonyl (C=O) groups excluding carboxylic acids is 1. The van der Waals surface area contributed by atoms with Crippen LogP contribution < -0.4 is 20.4 Å². The number of methoxy groups -OCH3 is 1. The van der Waals surface area contributed by atoms with E-state index in [9.17, 15) is 22.8 Å². The van der Waals surface area contributed by atoms with Crippen LogP contribution in [0.2, 0.25) is 0 Å². The van der Waals surface area contributed by atoms with Crippen molar-refractivity contribution in [1.82, 2.24) is 4.98 Å². The van der Waals surface area contributed by atoms with Crippen LogP contribution in [0.5, 0.6) is 11.5 Å². The maximum atomic E-state index is 13.1. The molecule has 1 amide bonds. The molecule has 0 saturated heterocycles. The molecular formula is C20H17F3N2O5. The molecule has 3 aromatic rings. The Kier molecular flexibility index (Phi) is 5.68. The summed E-state index contributed by atoms with van der Waals surface area (Å²) in [5.41, 5.74) is -3.31. The average Bonchev–Trinajstić information content (AvgIpc) is 2.67. The van der Waals surface area contributed by atoms with Crippen LogP contribution in [0.3, 0.4) is 0 Å². The Hall–Kier alpha value is -3.56. The number of halogens is 3. The van der Waals surface area contributed by atoms with Crippen molar-refractivity contribution in [1.29, 1.82) is 0 Å². The fraction of sp³-hybridized carbons (Fsp3) is 0.250. The van der Waals surface area contributed by atoms with E-state index >= 15 is 0 Å². The molecule has 0 spiro atoms. The highest BCUT2D eigenvalue weighted by molar-refractivity contribution is 6.06. The number of anilines is 1. The molecule has 1 aromatic carbocycles. The standard InChI is InChI=1S/C20H17F3N2O5/c1-10(2)29-16-14(28-3)7-6-11-9-12(19(27)30-15(11)16)18(26)25-13-5-4-8-24-17(13)20(21,22)23/h4-10H,1-3H3,(H,25,26). The summed E-state index contributed by atoms with van der Waals surface area (Å²) in [4.78, 5) is 28.2. The van der Waals surface area contributed by atoms with Crippen molar-refractivity contribution in [3.8, 4) is 11.5 Å². The smallest absolute Gasteiger partial charge is 0.435 e. The molecular weight excluding hydrogens is 405 g/mol. The van der Waals surface area contributed by atoms with E-state index < -0.39 is 34.7 Å². The highest BCUT2D eigenvalue weighted by Gasteiger charge is 2.36. The molecule has 10 heteroatoms. The van der Waals surface area contributed by atoms with E-state index in [1.54, 1.807) is 19.9 Å². The number of ether oxygens (including phenoxy) is 2. The molecule has 0 saturated carbocycles. The summed E-state index contributed by atoms with van der Waals surface area (Å²) in [6, 6.07) is 6.58. The number of amides is 1. The molecule has 0 aliphatic heterocycles. The van der Waals surface area contributed by atoms with Gasteiger partial charge in [-0.25, -0.2) is 9.78 Å². The minimum atomic E-state index is -4.78. The van der Waals surface area contributed by atoms with Gasteiger partial charge >= 0.3 is 11.8 Å². The molecule has 0 unspecified atom stereocenters. The first kappa shape index (κ1) is 21.2. The summed E-state index contributed by atoms with van der Waals surface area (Å²) in [6.07, 6.45) is -4.09. The van der Waals surface area contributed by atoms with Crippen molar-refractivity contribution >= 4 is 22.6 Å². The third-order valence-corrected chi connectivity index (χ3v) is 3.96. The Bertz CT molecular complexity index is 1160. The maximum absolute atomic E-state index is 13.1. The van der Waals surface area contributed by atoms with Crippen LogP contribution in [0, 0.1) is 0 Å². The van der Waals surface area contributed by atoms with Crippen molar-refractivity contribution in [3.63, 3.8) is 0 Å². The lowest BCUT2D eigenvalue weighted by atomic mass is 10.1. The third kappa shape index (κ3) is 4.22. The number of rotatable bonds is 5. The Morgan fingerprint density at radius 2 is 1.97 bits per heavy atom. The molecule has 2 aromatic heterocycles. The average molecular weight is 422 g/mol. The number of aromatic nitrogens is 1. The lowest BCUT2D eigenvalue weighted by molar-refractivity contribution is -0.140. The topological polar surface area (TPSA) is 90.7 Å². The Morgan fingerprint density at radius 1 is 1.23 bits per heavy atom. The van der Waals surface area contributed by atoms with Gasteiger partial charge in [-0.1, -0.05) is 0 Å². The van der Waals surface area contributed by atoms with Crippen LogP contribution in [-0.2, 0) is 6.18 Å². The second kappa shape index (κ2) is 8.05. The van der Waals surface area contributed by atoms with Gasteiger partial charge in [0.05, 0.1) is 18.9 Å². The summed E-state index contributed by atoms with van der Waals surface area (Å²) >= 11 is 0. The van der Waals surface area contributed by atoms with Gasteiger partial charge in [-0.05, 0) is 44.2 Å². The van der Waals surface area contributed by atoms with Gasteiger partial charge < -0.3 is 19.2 Å². The highest BCUT2D eigenvalue weighted by atomic mass is 19.4. The number of alkyl halides is 3. The molecule has 0 bridgehead atoms. The van der Waals surface area contributed by atoms with E-state index in [-0.39, 0.29) is 17.4 Å². The lowest BCUT2D eigenvalue weighted by Gasteiger charge is -2.15. The SMILES string of the molecule is COc1ccc2cc(C(=O)Nc3cccnc3C(F)(F)F)c(=O)oc2c1OC(C)C. The summed E-state index contributed by atoms with van der Waals surface area (Å²) in [6.45, 7) is 3.54. The molecule has 30 heavy (non-hydrogen) atoms. The summed E-state index contributed by atoms with van der Waals surface area (Å²) in [7, 11) is 1.42. The van der Waals surface area contributed by atoms with Crippen molar-refractivity contribution in [2.24, 2.45) is 0 Å². The first-order valence-electron chi connectivity index (χ1n) is 8.77. The zero-order valence-electron chi connectivity index (χ0n) is 16.2. The normalized spacial score (nSPS) is 11.6. The largest absolute Gasteiger partial charge is 0.493 e. The molecule has 3 rings (SSSR count). The van der Waals surface area contributed by atoms with Crippen LogP contribution >= 0.6 is 0 Å². The van der Waals surface area contributed by atoms with Gasteiger partial charge in [-0.3, -0.25) is 4.79 Å². The van der Waals surface area contributed by atoms with Crippen LogP contribution in [0.25, 0.3) is 11.0 Å². The van der Waals surface area contributed by atoms with E-state index in [1.807, 2.05) is 0 Å². The minimum Gasteiger partial charge on any atom is -0.493 e. The number of fused-ring (bicyclic) bond motifs is 1. The number of nitrogens with zero attached hydrogens (tertiary/aromatic N) is 1. The van der Waals surface area contributed by atoms with Gasteiger partial charge in [-0.15, -0.1) is 0 Å².